The number of hydrogen-bond acceptors (Lipinski definition) is 5. The normalized spacial score (nSPS) is 43.6. The van der Waals surface area contributed by atoms with Crippen LogP contribution in [-0.4, -0.2) is 40.9 Å². The lowest BCUT2D eigenvalue weighted by molar-refractivity contribution is -0.142. The number of aliphatic carboxylic acids is 1. The fourth-order valence-electron chi connectivity index (χ4n) is 6.71. The van der Waals surface area contributed by atoms with E-state index in [0.29, 0.717) is 24.2 Å². The molecule has 27 heavy (non-hydrogen) atoms. The SMILES string of the molecule is CC12CCC3C(CCC4=CC(=O)CCC43/C=N/OCC(=O)O)C1CC[C@@H]2O. The van der Waals surface area contributed by atoms with Gasteiger partial charge in [-0.15, -0.1) is 0 Å². The summed E-state index contributed by atoms with van der Waals surface area (Å²) in [5.74, 6) is 0.531. The Morgan fingerprint density at radius 3 is 2.85 bits per heavy atom. The van der Waals surface area contributed by atoms with Crippen molar-refractivity contribution >= 4 is 18.0 Å². The predicted octanol–water partition coefficient (Wildman–Crippen LogP) is 2.95. The van der Waals surface area contributed by atoms with Gasteiger partial charge in [0.15, 0.2) is 5.78 Å². The number of rotatable bonds is 4. The summed E-state index contributed by atoms with van der Waals surface area (Å²) in [6, 6.07) is 0. The van der Waals surface area contributed by atoms with Crippen LogP contribution in [0.25, 0.3) is 0 Å². The molecule has 3 saturated carbocycles. The maximum Gasteiger partial charge on any atom is 0.344 e. The molecule has 5 unspecified atom stereocenters. The van der Waals surface area contributed by atoms with Crippen LogP contribution < -0.4 is 0 Å². The van der Waals surface area contributed by atoms with Gasteiger partial charge in [-0.25, -0.2) is 4.79 Å². The van der Waals surface area contributed by atoms with Crippen molar-refractivity contribution in [3.8, 4) is 0 Å². The van der Waals surface area contributed by atoms with Gasteiger partial charge in [-0.3, -0.25) is 4.79 Å². The van der Waals surface area contributed by atoms with Gasteiger partial charge in [0.25, 0.3) is 0 Å². The molecule has 2 N–H and O–H groups in total. The lowest BCUT2D eigenvalue weighted by Gasteiger charge is -2.57. The summed E-state index contributed by atoms with van der Waals surface area (Å²) in [7, 11) is 0. The predicted molar refractivity (Wildman–Crippen MR) is 99.1 cm³/mol. The highest BCUT2D eigenvalue weighted by molar-refractivity contribution is 5.94. The Labute approximate surface area is 159 Å². The Hall–Kier alpha value is -1.69. The average Bonchev–Trinajstić information content (AvgIpc) is 2.94. The number of carboxylic acid groups (broad SMARTS) is 1. The topological polar surface area (TPSA) is 96.2 Å². The van der Waals surface area contributed by atoms with Crippen molar-refractivity contribution in [2.45, 2.75) is 64.4 Å². The van der Waals surface area contributed by atoms with E-state index in [9.17, 15) is 14.7 Å². The maximum atomic E-state index is 12.1. The summed E-state index contributed by atoms with van der Waals surface area (Å²) in [6.45, 7) is 1.80. The number of ketones is 1. The molecule has 4 rings (SSSR count). The number of fused-ring (bicyclic) bond motifs is 5. The third-order valence-electron chi connectivity index (χ3n) is 8.06. The van der Waals surface area contributed by atoms with Crippen molar-refractivity contribution < 1.29 is 24.6 Å². The molecule has 0 bridgehead atoms. The van der Waals surface area contributed by atoms with E-state index < -0.39 is 12.6 Å². The molecule has 0 aliphatic heterocycles. The van der Waals surface area contributed by atoms with Crippen LogP contribution in [0.15, 0.2) is 16.8 Å². The molecular weight excluding hydrogens is 346 g/mol. The van der Waals surface area contributed by atoms with E-state index in [2.05, 4.69) is 12.1 Å². The van der Waals surface area contributed by atoms with E-state index in [1.807, 2.05) is 0 Å². The fraction of sp³-hybridized carbons (Fsp3) is 0.762. The first-order chi connectivity index (χ1) is 12.9. The van der Waals surface area contributed by atoms with Crippen molar-refractivity contribution in [1.82, 2.24) is 0 Å². The van der Waals surface area contributed by atoms with E-state index >= 15 is 0 Å². The zero-order valence-corrected chi connectivity index (χ0v) is 15.9. The minimum atomic E-state index is -1.05. The molecule has 0 aromatic carbocycles. The minimum absolute atomic E-state index is 0.00497. The van der Waals surface area contributed by atoms with Crippen molar-refractivity contribution in [3.05, 3.63) is 11.6 Å². The summed E-state index contributed by atoms with van der Waals surface area (Å²) < 4.78 is 0. The third-order valence-corrected chi connectivity index (χ3v) is 8.06. The fourth-order valence-corrected chi connectivity index (χ4v) is 6.71. The summed E-state index contributed by atoms with van der Waals surface area (Å²) in [5.41, 5.74) is 0.847. The van der Waals surface area contributed by atoms with Gasteiger partial charge in [-0.05, 0) is 74.2 Å². The highest BCUT2D eigenvalue weighted by atomic mass is 16.6. The van der Waals surface area contributed by atoms with E-state index in [1.54, 1.807) is 12.3 Å². The summed E-state index contributed by atoms with van der Waals surface area (Å²) >= 11 is 0. The molecule has 0 spiro atoms. The third kappa shape index (κ3) is 2.93. The Bertz CT molecular complexity index is 701. The van der Waals surface area contributed by atoms with Crippen LogP contribution in [0.5, 0.6) is 0 Å². The lowest BCUT2D eigenvalue weighted by atomic mass is 9.47. The number of carbonyl (C=O) groups excluding carboxylic acids is 1. The second-order valence-electron chi connectivity index (χ2n) is 9.13. The largest absolute Gasteiger partial charge is 0.479 e. The Balaban J connectivity index is 1.66. The maximum absolute atomic E-state index is 12.1. The van der Waals surface area contributed by atoms with Gasteiger partial charge in [-0.2, -0.15) is 0 Å². The van der Waals surface area contributed by atoms with Gasteiger partial charge in [0, 0.05) is 11.8 Å². The van der Waals surface area contributed by atoms with Crippen molar-refractivity contribution in [1.29, 1.82) is 0 Å². The van der Waals surface area contributed by atoms with E-state index in [0.717, 1.165) is 50.5 Å². The molecule has 4 aliphatic rings. The Kier molecular flexibility index (Phi) is 4.65. The number of hydrogen-bond donors (Lipinski definition) is 2. The van der Waals surface area contributed by atoms with Crippen LogP contribution in [-0.2, 0) is 14.4 Å². The van der Waals surface area contributed by atoms with Crippen LogP contribution >= 0.6 is 0 Å². The number of nitrogens with zero attached hydrogens (tertiary/aromatic N) is 1. The zero-order chi connectivity index (χ0) is 19.2. The van der Waals surface area contributed by atoms with E-state index in [1.165, 1.54) is 0 Å². The standard InChI is InChI=1S/C21H29NO5/c1-20-8-7-17-15(16(20)4-5-18(20)24)3-2-13-10-14(23)6-9-21(13,17)12-22-27-11-19(25)26/h10,12,15-18,24H,2-9,11H2,1H3,(H,25,26)/b22-12+/t15?,16?,17?,18-,20?,21?/m0/s1. The van der Waals surface area contributed by atoms with Gasteiger partial charge in [0.1, 0.15) is 0 Å². The first-order valence-electron chi connectivity index (χ1n) is 10.2. The number of aliphatic hydroxyl groups is 1. The van der Waals surface area contributed by atoms with E-state index in [-0.39, 0.29) is 22.7 Å². The van der Waals surface area contributed by atoms with Gasteiger partial charge < -0.3 is 15.1 Å². The zero-order valence-electron chi connectivity index (χ0n) is 15.9. The van der Waals surface area contributed by atoms with Gasteiger partial charge >= 0.3 is 5.97 Å². The van der Waals surface area contributed by atoms with Crippen LogP contribution in [0.3, 0.4) is 0 Å². The summed E-state index contributed by atoms with van der Waals surface area (Å²) in [4.78, 5) is 27.8. The summed E-state index contributed by atoms with van der Waals surface area (Å²) in [6.07, 6.45) is 10.5. The number of allylic oxidation sites excluding steroid dienone is 1. The van der Waals surface area contributed by atoms with Crippen LogP contribution in [0.1, 0.15) is 58.3 Å². The minimum Gasteiger partial charge on any atom is -0.479 e. The second-order valence-corrected chi connectivity index (χ2v) is 9.13. The molecule has 148 valence electrons. The monoisotopic (exact) mass is 375 g/mol. The second kappa shape index (κ2) is 6.73. The molecule has 6 atom stereocenters. The first kappa shape index (κ1) is 18.7. The Morgan fingerprint density at radius 2 is 2.07 bits per heavy atom. The number of oxime groups is 1. The molecule has 0 aromatic rings. The first-order valence-corrected chi connectivity index (χ1v) is 10.2. The average molecular weight is 375 g/mol. The van der Waals surface area contributed by atoms with Gasteiger partial charge in [-0.1, -0.05) is 17.7 Å². The molecule has 6 heteroatoms. The number of aliphatic hydroxyl groups excluding tert-OH is 1. The molecule has 0 aromatic heterocycles. The van der Waals surface area contributed by atoms with Crippen molar-refractivity contribution in [3.63, 3.8) is 0 Å². The quantitative estimate of drug-likeness (QED) is 0.582. The molecule has 0 saturated heterocycles. The molecule has 0 amide bonds. The molecule has 0 heterocycles. The van der Waals surface area contributed by atoms with E-state index in [4.69, 9.17) is 9.94 Å². The summed E-state index contributed by atoms with van der Waals surface area (Å²) in [5, 5.41) is 23.4. The Morgan fingerprint density at radius 1 is 1.26 bits per heavy atom. The highest BCUT2D eigenvalue weighted by Gasteiger charge is 2.59. The highest BCUT2D eigenvalue weighted by Crippen LogP contribution is 2.64. The van der Waals surface area contributed by atoms with Gasteiger partial charge in [0.2, 0.25) is 6.61 Å². The number of carbonyl (C=O) groups is 2. The molecule has 0 radical (unpaired) electrons. The van der Waals surface area contributed by atoms with Crippen molar-refractivity contribution in [2.24, 2.45) is 33.7 Å². The van der Waals surface area contributed by atoms with Crippen LogP contribution in [0.4, 0.5) is 0 Å². The molecule has 4 aliphatic carbocycles. The van der Waals surface area contributed by atoms with Crippen LogP contribution in [0, 0.1) is 28.6 Å². The smallest absolute Gasteiger partial charge is 0.344 e. The molecule has 3 fully saturated rings. The van der Waals surface area contributed by atoms with Gasteiger partial charge in [0.05, 0.1) is 12.3 Å². The lowest BCUT2D eigenvalue weighted by Crippen LogP contribution is -2.52. The van der Waals surface area contributed by atoms with Crippen LogP contribution in [0.2, 0.25) is 0 Å². The number of carboxylic acids is 1. The molecular formula is C21H29NO5. The molecule has 6 nitrogen and oxygen atoms in total. The van der Waals surface area contributed by atoms with Crippen molar-refractivity contribution in [2.75, 3.05) is 6.61 Å².